The van der Waals surface area contributed by atoms with Crippen molar-refractivity contribution in [3.8, 4) is 21.8 Å². The molecule has 0 amide bonds. The van der Waals surface area contributed by atoms with E-state index in [2.05, 4.69) is 10.4 Å². The zero-order chi connectivity index (χ0) is 13.2. The number of carboxylic acid groups (broad SMARTS) is 1. The predicted octanol–water partition coefficient (Wildman–Crippen LogP) is 4.24. The number of nitrogens with zero attached hydrogens (tertiary/aromatic N) is 1. The van der Waals surface area contributed by atoms with Gasteiger partial charge >= 0.3 is 5.97 Å². The zero-order valence-corrected chi connectivity index (χ0v) is 11.4. The lowest BCUT2D eigenvalue weighted by molar-refractivity contribution is 0.0697. The summed E-state index contributed by atoms with van der Waals surface area (Å²) in [7, 11) is 0. The molecule has 0 aliphatic heterocycles. The second kappa shape index (κ2) is 4.95. The zero-order valence-electron chi connectivity index (χ0n) is 9.74. The Bertz CT molecular complexity index is 699. The molecule has 0 spiro atoms. The fraction of sp³-hybridized carbons (Fsp3) is 0. The number of rotatable bonds is 3. The Kier molecular flexibility index (Phi) is 3.15. The molecule has 2 heterocycles. The first kappa shape index (κ1) is 12.1. The Morgan fingerprint density at radius 3 is 2.47 bits per heavy atom. The maximum Gasteiger partial charge on any atom is 0.335 e. The Labute approximate surface area is 117 Å². The molecule has 0 aliphatic carbocycles. The van der Waals surface area contributed by atoms with Gasteiger partial charge in [0.05, 0.1) is 11.3 Å². The van der Waals surface area contributed by atoms with E-state index in [1.807, 2.05) is 16.8 Å². The number of thiazole rings is 1. The molecule has 0 aliphatic rings. The van der Waals surface area contributed by atoms with Gasteiger partial charge in [0.1, 0.15) is 5.01 Å². The molecule has 1 N–H and O–H groups in total. The highest BCUT2D eigenvalue weighted by atomic mass is 32.1. The molecule has 0 saturated heterocycles. The summed E-state index contributed by atoms with van der Waals surface area (Å²) in [5.74, 6) is -0.912. The van der Waals surface area contributed by atoms with E-state index in [4.69, 9.17) is 5.11 Å². The molecule has 2 aromatic heterocycles. The molecule has 3 nitrogen and oxygen atoms in total. The fourth-order valence-corrected chi connectivity index (χ4v) is 3.19. The standard InChI is InChI=1S/C14H9NO2S2/c16-14(17)10-3-1-9(2-4-10)13-15-12(8-19-13)11-5-6-18-7-11/h1-8H,(H,16,17). The highest BCUT2D eigenvalue weighted by molar-refractivity contribution is 7.13. The molecule has 0 atom stereocenters. The van der Waals surface area contributed by atoms with Gasteiger partial charge in [0.15, 0.2) is 0 Å². The van der Waals surface area contributed by atoms with E-state index >= 15 is 0 Å². The highest BCUT2D eigenvalue weighted by Crippen LogP contribution is 2.29. The van der Waals surface area contributed by atoms with Crippen LogP contribution in [-0.2, 0) is 0 Å². The first-order valence-corrected chi connectivity index (χ1v) is 7.38. The lowest BCUT2D eigenvalue weighted by Crippen LogP contribution is -1.94. The third-order valence-corrected chi connectivity index (χ3v) is 4.27. The van der Waals surface area contributed by atoms with Gasteiger partial charge in [-0.2, -0.15) is 11.3 Å². The summed E-state index contributed by atoms with van der Waals surface area (Å²) in [5, 5.41) is 15.9. The number of carbonyl (C=O) groups is 1. The number of carboxylic acids is 1. The Hall–Kier alpha value is -1.98. The van der Waals surface area contributed by atoms with E-state index in [1.54, 1.807) is 46.9 Å². The van der Waals surface area contributed by atoms with E-state index in [-0.39, 0.29) is 0 Å². The summed E-state index contributed by atoms with van der Waals surface area (Å²) >= 11 is 3.21. The average molecular weight is 287 g/mol. The Balaban J connectivity index is 1.92. The molecule has 0 unspecified atom stereocenters. The lowest BCUT2D eigenvalue weighted by Gasteiger charge is -1.97. The van der Waals surface area contributed by atoms with E-state index < -0.39 is 5.97 Å². The van der Waals surface area contributed by atoms with Gasteiger partial charge in [0.25, 0.3) is 0 Å². The van der Waals surface area contributed by atoms with Crippen LogP contribution < -0.4 is 0 Å². The topological polar surface area (TPSA) is 50.2 Å². The van der Waals surface area contributed by atoms with Crippen molar-refractivity contribution in [1.29, 1.82) is 0 Å². The third kappa shape index (κ3) is 2.43. The summed E-state index contributed by atoms with van der Waals surface area (Å²) in [6, 6.07) is 8.82. The summed E-state index contributed by atoms with van der Waals surface area (Å²) in [6.07, 6.45) is 0. The SMILES string of the molecule is O=C(O)c1ccc(-c2nc(-c3ccsc3)cs2)cc1. The molecule has 3 aromatic rings. The van der Waals surface area contributed by atoms with Gasteiger partial charge in [0, 0.05) is 21.9 Å². The number of thiophene rings is 1. The number of hydrogen-bond donors (Lipinski definition) is 1. The normalized spacial score (nSPS) is 10.5. The van der Waals surface area contributed by atoms with Gasteiger partial charge in [0.2, 0.25) is 0 Å². The van der Waals surface area contributed by atoms with Crippen molar-refractivity contribution >= 4 is 28.6 Å². The minimum atomic E-state index is -0.912. The van der Waals surface area contributed by atoms with Gasteiger partial charge < -0.3 is 5.11 Å². The van der Waals surface area contributed by atoms with Gasteiger partial charge in [-0.3, -0.25) is 0 Å². The summed E-state index contributed by atoms with van der Waals surface area (Å²) in [6.45, 7) is 0. The van der Waals surface area contributed by atoms with Gasteiger partial charge in [-0.1, -0.05) is 12.1 Å². The molecule has 0 radical (unpaired) electrons. The molecular weight excluding hydrogens is 278 g/mol. The minimum absolute atomic E-state index is 0.290. The van der Waals surface area contributed by atoms with Crippen LogP contribution in [0, 0.1) is 0 Å². The van der Waals surface area contributed by atoms with Crippen molar-refractivity contribution in [2.45, 2.75) is 0 Å². The van der Waals surface area contributed by atoms with Crippen molar-refractivity contribution in [3.63, 3.8) is 0 Å². The van der Waals surface area contributed by atoms with Crippen molar-refractivity contribution < 1.29 is 9.90 Å². The van der Waals surface area contributed by atoms with Crippen molar-refractivity contribution in [2.24, 2.45) is 0 Å². The first-order chi connectivity index (χ1) is 9.24. The summed E-state index contributed by atoms with van der Waals surface area (Å²) in [5.41, 5.74) is 3.31. The van der Waals surface area contributed by atoms with E-state index in [0.29, 0.717) is 5.56 Å². The van der Waals surface area contributed by atoms with Gasteiger partial charge in [-0.25, -0.2) is 9.78 Å². The van der Waals surface area contributed by atoms with E-state index in [1.165, 1.54) is 0 Å². The van der Waals surface area contributed by atoms with Crippen molar-refractivity contribution in [1.82, 2.24) is 4.98 Å². The Morgan fingerprint density at radius 1 is 1.05 bits per heavy atom. The van der Waals surface area contributed by atoms with Crippen LogP contribution in [0.2, 0.25) is 0 Å². The molecule has 3 rings (SSSR count). The van der Waals surface area contributed by atoms with Crippen LogP contribution in [0.1, 0.15) is 10.4 Å². The molecule has 94 valence electrons. The smallest absolute Gasteiger partial charge is 0.335 e. The third-order valence-electron chi connectivity index (χ3n) is 2.70. The molecule has 0 fully saturated rings. The second-order valence-corrected chi connectivity index (χ2v) is 5.57. The second-order valence-electron chi connectivity index (χ2n) is 3.93. The maximum atomic E-state index is 10.8. The summed E-state index contributed by atoms with van der Waals surface area (Å²) in [4.78, 5) is 15.4. The van der Waals surface area contributed by atoms with Crippen LogP contribution in [0.25, 0.3) is 21.8 Å². The fourth-order valence-electron chi connectivity index (χ4n) is 1.70. The monoisotopic (exact) mass is 287 g/mol. The number of hydrogen-bond acceptors (Lipinski definition) is 4. The van der Waals surface area contributed by atoms with Crippen LogP contribution >= 0.6 is 22.7 Å². The summed E-state index contributed by atoms with van der Waals surface area (Å²) < 4.78 is 0. The number of aromatic nitrogens is 1. The molecular formula is C14H9NO2S2. The van der Waals surface area contributed by atoms with E-state index in [0.717, 1.165) is 21.8 Å². The average Bonchev–Trinajstić information content (AvgIpc) is 3.10. The van der Waals surface area contributed by atoms with Crippen LogP contribution in [-0.4, -0.2) is 16.1 Å². The maximum absolute atomic E-state index is 10.8. The van der Waals surface area contributed by atoms with Crippen LogP contribution in [0.5, 0.6) is 0 Å². The molecule has 0 saturated carbocycles. The number of aromatic carboxylic acids is 1. The largest absolute Gasteiger partial charge is 0.478 e. The van der Waals surface area contributed by atoms with Gasteiger partial charge in [-0.05, 0) is 23.6 Å². The minimum Gasteiger partial charge on any atom is -0.478 e. The molecule has 0 bridgehead atoms. The van der Waals surface area contributed by atoms with E-state index in [9.17, 15) is 4.79 Å². The number of benzene rings is 1. The molecule has 1 aromatic carbocycles. The quantitative estimate of drug-likeness (QED) is 0.784. The molecule has 19 heavy (non-hydrogen) atoms. The molecule has 5 heteroatoms. The van der Waals surface area contributed by atoms with Crippen LogP contribution in [0.3, 0.4) is 0 Å². The lowest BCUT2D eigenvalue weighted by atomic mass is 10.1. The Morgan fingerprint density at radius 2 is 1.84 bits per heavy atom. The first-order valence-electron chi connectivity index (χ1n) is 5.56. The van der Waals surface area contributed by atoms with Gasteiger partial charge in [-0.15, -0.1) is 11.3 Å². The predicted molar refractivity (Wildman–Crippen MR) is 77.8 cm³/mol. The van der Waals surface area contributed by atoms with Crippen molar-refractivity contribution in [3.05, 3.63) is 52.0 Å². The van der Waals surface area contributed by atoms with Crippen LogP contribution in [0.15, 0.2) is 46.5 Å². The highest BCUT2D eigenvalue weighted by Gasteiger charge is 2.08. The van der Waals surface area contributed by atoms with Crippen molar-refractivity contribution in [2.75, 3.05) is 0 Å². The van der Waals surface area contributed by atoms with Crippen LogP contribution in [0.4, 0.5) is 0 Å².